The molecule has 2 saturated heterocycles. The van der Waals surface area contributed by atoms with Crippen LogP contribution in [-0.4, -0.2) is 52.4 Å². The van der Waals surface area contributed by atoms with Crippen molar-refractivity contribution in [2.75, 3.05) is 12.3 Å². The zero-order valence-corrected chi connectivity index (χ0v) is 24.2. The van der Waals surface area contributed by atoms with Gasteiger partial charge in [0, 0.05) is 35.7 Å². The van der Waals surface area contributed by atoms with Crippen LogP contribution in [0.4, 0.5) is 13.2 Å². The van der Waals surface area contributed by atoms with Crippen molar-refractivity contribution in [3.05, 3.63) is 101 Å². The molecule has 11 heteroatoms. The van der Waals surface area contributed by atoms with E-state index in [9.17, 15) is 27.9 Å². The highest BCUT2D eigenvalue weighted by Gasteiger charge is 2.47. The Kier molecular flexibility index (Phi) is 10.1. The maximum Gasteiger partial charge on any atom is 0.471 e. The van der Waals surface area contributed by atoms with Gasteiger partial charge in [0.1, 0.15) is 6.04 Å². The predicted octanol–water partition coefficient (Wildman–Crippen LogP) is 5.69. The maximum atomic E-state index is 12.9. The molecular formula is C32H33F3N2O5S. The minimum Gasteiger partial charge on any atom is -0.392 e. The Morgan fingerprint density at radius 3 is 2.28 bits per heavy atom. The van der Waals surface area contributed by atoms with Gasteiger partial charge in [0.25, 0.3) is 0 Å². The van der Waals surface area contributed by atoms with E-state index < -0.39 is 30.3 Å². The summed E-state index contributed by atoms with van der Waals surface area (Å²) < 4.78 is 51.5. The molecule has 0 bridgehead atoms. The van der Waals surface area contributed by atoms with Gasteiger partial charge in [-0.2, -0.15) is 13.2 Å². The number of carbonyl (C=O) groups excluding carboxylic acids is 2. The molecule has 3 aromatic carbocycles. The van der Waals surface area contributed by atoms with E-state index in [1.54, 1.807) is 11.8 Å². The van der Waals surface area contributed by atoms with Gasteiger partial charge in [-0.1, -0.05) is 66.7 Å². The fourth-order valence-electron chi connectivity index (χ4n) is 5.27. The number of aliphatic hydroxyl groups excluding tert-OH is 1. The van der Waals surface area contributed by atoms with Gasteiger partial charge < -0.3 is 24.8 Å². The van der Waals surface area contributed by atoms with E-state index in [0.717, 1.165) is 32.9 Å². The molecule has 0 saturated carbocycles. The van der Waals surface area contributed by atoms with Crippen LogP contribution in [0.2, 0.25) is 0 Å². The molecule has 0 aromatic heterocycles. The summed E-state index contributed by atoms with van der Waals surface area (Å²) in [5.41, 5.74) is 3.34. The second-order valence-corrected chi connectivity index (χ2v) is 11.7. The lowest BCUT2D eigenvalue weighted by Gasteiger charge is -2.36. The van der Waals surface area contributed by atoms with E-state index in [2.05, 4.69) is 17.4 Å². The highest BCUT2D eigenvalue weighted by Crippen LogP contribution is 2.39. The van der Waals surface area contributed by atoms with Crippen LogP contribution in [0.5, 0.6) is 0 Å². The predicted molar refractivity (Wildman–Crippen MR) is 155 cm³/mol. The minimum atomic E-state index is -5.01. The number of hydrogen-bond acceptors (Lipinski definition) is 6. The first-order chi connectivity index (χ1) is 20.7. The number of likely N-dealkylation sites (tertiary alicyclic amines) is 1. The van der Waals surface area contributed by atoms with Gasteiger partial charge in [-0.15, -0.1) is 11.8 Å². The Morgan fingerprint density at radius 2 is 1.60 bits per heavy atom. The van der Waals surface area contributed by atoms with Gasteiger partial charge in [0.05, 0.1) is 18.8 Å². The highest BCUT2D eigenvalue weighted by molar-refractivity contribution is 7.99. The lowest BCUT2D eigenvalue weighted by molar-refractivity contribution is -0.245. The van der Waals surface area contributed by atoms with Crippen LogP contribution in [0.3, 0.4) is 0 Å². The molecule has 0 aliphatic carbocycles. The van der Waals surface area contributed by atoms with Crippen LogP contribution < -0.4 is 5.32 Å². The molecular weight excluding hydrogens is 581 g/mol. The van der Waals surface area contributed by atoms with E-state index in [4.69, 9.17) is 9.47 Å². The van der Waals surface area contributed by atoms with Crippen molar-refractivity contribution in [2.24, 2.45) is 0 Å². The molecule has 2 aliphatic heterocycles. The molecule has 3 aromatic rings. The van der Waals surface area contributed by atoms with Crippen LogP contribution in [0.15, 0.2) is 83.8 Å². The third-order valence-electron chi connectivity index (χ3n) is 7.57. The first-order valence-electron chi connectivity index (χ1n) is 14.1. The smallest absolute Gasteiger partial charge is 0.392 e. The van der Waals surface area contributed by atoms with Crippen LogP contribution >= 0.6 is 11.8 Å². The number of ether oxygens (including phenoxy) is 2. The Bertz CT molecular complexity index is 1370. The second kappa shape index (κ2) is 13.9. The molecule has 0 spiro atoms. The Hall–Kier alpha value is -3.38. The number of amides is 2. The monoisotopic (exact) mass is 614 g/mol. The average Bonchev–Trinajstić information content (AvgIpc) is 3.52. The number of carbonyl (C=O) groups is 2. The van der Waals surface area contributed by atoms with Gasteiger partial charge in [-0.05, 0) is 41.7 Å². The van der Waals surface area contributed by atoms with Crippen LogP contribution in [-0.2, 0) is 32.2 Å². The number of alkyl halides is 3. The summed E-state index contributed by atoms with van der Waals surface area (Å²) in [6.45, 7) is -0.0264. The summed E-state index contributed by atoms with van der Waals surface area (Å²) in [5.74, 6) is -1.86. The van der Waals surface area contributed by atoms with Crippen molar-refractivity contribution >= 4 is 23.6 Å². The number of benzene rings is 3. The van der Waals surface area contributed by atoms with E-state index in [1.807, 2.05) is 66.7 Å². The Labute approximate surface area is 252 Å². The number of aliphatic hydroxyl groups is 1. The highest BCUT2D eigenvalue weighted by atomic mass is 32.2. The topological polar surface area (TPSA) is 88.1 Å². The molecule has 228 valence electrons. The summed E-state index contributed by atoms with van der Waals surface area (Å²) in [6.07, 6.45) is -4.78. The minimum absolute atomic E-state index is 0.0364. The molecule has 2 aliphatic rings. The Morgan fingerprint density at radius 1 is 0.930 bits per heavy atom. The lowest BCUT2D eigenvalue weighted by Crippen LogP contribution is -2.50. The van der Waals surface area contributed by atoms with Gasteiger partial charge >= 0.3 is 12.1 Å². The van der Waals surface area contributed by atoms with Crippen LogP contribution in [0.1, 0.15) is 53.9 Å². The summed E-state index contributed by atoms with van der Waals surface area (Å²) in [4.78, 5) is 26.1. The molecule has 0 radical (unpaired) electrons. The van der Waals surface area contributed by atoms with E-state index >= 15 is 0 Å². The van der Waals surface area contributed by atoms with Crippen molar-refractivity contribution < 1.29 is 37.3 Å². The van der Waals surface area contributed by atoms with Crippen molar-refractivity contribution in [3.8, 4) is 0 Å². The molecule has 2 heterocycles. The third-order valence-corrected chi connectivity index (χ3v) is 8.72. The summed E-state index contributed by atoms with van der Waals surface area (Å²) in [7, 11) is 0. The largest absolute Gasteiger partial charge is 0.471 e. The summed E-state index contributed by atoms with van der Waals surface area (Å²) >= 11 is 1.71. The number of thioether (sulfide) groups is 1. The normalized spacial score (nSPS) is 22.4. The molecule has 5 rings (SSSR count). The van der Waals surface area contributed by atoms with Gasteiger partial charge in [-0.25, -0.2) is 0 Å². The van der Waals surface area contributed by atoms with Crippen molar-refractivity contribution in [2.45, 2.75) is 68.0 Å². The number of hydrogen-bond donors (Lipinski definition) is 2. The molecule has 4 unspecified atom stereocenters. The number of halogens is 3. The van der Waals surface area contributed by atoms with Crippen molar-refractivity contribution in [1.82, 2.24) is 10.2 Å². The van der Waals surface area contributed by atoms with Gasteiger partial charge in [0.15, 0.2) is 6.29 Å². The Balaban J connectivity index is 1.23. The number of nitrogens with one attached hydrogen (secondary N) is 1. The molecule has 2 fully saturated rings. The molecule has 4 atom stereocenters. The van der Waals surface area contributed by atoms with Crippen LogP contribution in [0, 0.1) is 0 Å². The quantitative estimate of drug-likeness (QED) is 0.302. The fraction of sp³-hybridized carbons (Fsp3) is 0.375. The summed E-state index contributed by atoms with van der Waals surface area (Å²) in [6, 6.07) is 23.9. The third kappa shape index (κ3) is 7.97. The van der Waals surface area contributed by atoms with Crippen LogP contribution in [0.25, 0.3) is 0 Å². The SMILES string of the molecule is O=C(NCc1ccc(C2OC(CSc3ccccc3)CC(c3ccc(CO)cc3)O2)cc1)C1CCCN1C(=O)C(F)(F)F. The second-order valence-electron chi connectivity index (χ2n) is 10.6. The van der Waals surface area contributed by atoms with E-state index in [-0.39, 0.29) is 38.3 Å². The average molecular weight is 615 g/mol. The standard InChI is InChI=1S/C32H33F3N2O5S/c33-32(34,35)31(40)37-16-4-7-27(37)29(39)36-18-21-8-14-24(15-9-21)30-41-25(20-43-26-5-2-1-3-6-26)17-28(42-30)23-12-10-22(19-38)11-13-23/h1-3,5-6,8-15,25,27-28,30,38H,4,7,16-20H2,(H,36,39). The first kappa shape index (κ1) is 31.1. The maximum absolute atomic E-state index is 12.9. The molecule has 2 amide bonds. The molecule has 2 N–H and O–H groups in total. The van der Waals surface area contributed by atoms with Gasteiger partial charge in [-0.3, -0.25) is 9.59 Å². The number of rotatable bonds is 9. The molecule has 7 nitrogen and oxygen atoms in total. The lowest BCUT2D eigenvalue weighted by atomic mass is 10.0. The summed E-state index contributed by atoms with van der Waals surface area (Å²) in [5, 5.41) is 12.1. The van der Waals surface area contributed by atoms with Crippen molar-refractivity contribution in [3.63, 3.8) is 0 Å². The van der Waals surface area contributed by atoms with E-state index in [1.165, 1.54) is 0 Å². The molecule has 43 heavy (non-hydrogen) atoms. The van der Waals surface area contributed by atoms with Crippen molar-refractivity contribution in [1.29, 1.82) is 0 Å². The zero-order chi connectivity index (χ0) is 30.4. The fourth-order valence-corrected chi connectivity index (χ4v) is 6.22. The zero-order valence-electron chi connectivity index (χ0n) is 23.3. The van der Waals surface area contributed by atoms with E-state index in [0.29, 0.717) is 17.7 Å². The first-order valence-corrected chi connectivity index (χ1v) is 15.1. The number of nitrogens with zero attached hydrogens (tertiary/aromatic N) is 1. The van der Waals surface area contributed by atoms with Gasteiger partial charge in [0.2, 0.25) is 5.91 Å².